The molecule has 0 saturated heterocycles. The molecule has 9 nitrogen and oxygen atoms in total. The molecule has 0 atom stereocenters. The molecule has 19 heavy (non-hydrogen) atoms. The molecule has 1 aromatic carbocycles. The third-order valence-electron chi connectivity index (χ3n) is 2.12. The van der Waals surface area contributed by atoms with Crippen molar-refractivity contribution in [3.8, 4) is 0 Å². The molecule has 0 amide bonds. The van der Waals surface area contributed by atoms with Crippen LogP contribution in [0.5, 0.6) is 0 Å². The summed E-state index contributed by atoms with van der Waals surface area (Å²) in [6, 6.07) is 3.11. The molecule has 102 valence electrons. The lowest BCUT2D eigenvalue weighted by atomic mass is 10.2. The maximum Gasteiger partial charge on any atom is 0.325 e. The number of nitrogens with zero attached hydrogens (tertiary/aromatic N) is 2. The first-order valence-corrected chi connectivity index (χ1v) is 5.28. The summed E-state index contributed by atoms with van der Waals surface area (Å²) in [5.41, 5.74) is -0.851. The van der Waals surface area contributed by atoms with Crippen LogP contribution in [0.3, 0.4) is 0 Å². The van der Waals surface area contributed by atoms with Gasteiger partial charge in [-0.3, -0.25) is 25.0 Å². The Balaban J connectivity index is 2.91. The number of non-ortho nitro benzene ring substituents is 1. The van der Waals surface area contributed by atoms with Crippen molar-refractivity contribution in [3.05, 3.63) is 38.4 Å². The van der Waals surface area contributed by atoms with Crippen LogP contribution in [0.15, 0.2) is 18.2 Å². The van der Waals surface area contributed by atoms with Crippen LogP contribution in [-0.4, -0.2) is 29.0 Å². The second kappa shape index (κ2) is 6.28. The number of esters is 1. The highest BCUT2D eigenvalue weighted by atomic mass is 16.6. The molecule has 0 aliphatic carbocycles. The summed E-state index contributed by atoms with van der Waals surface area (Å²) in [4.78, 5) is 30.9. The number of nitro benzene ring substituents is 2. The van der Waals surface area contributed by atoms with E-state index in [0.717, 1.165) is 12.1 Å². The van der Waals surface area contributed by atoms with Gasteiger partial charge in [-0.2, -0.15) is 0 Å². The molecule has 0 fully saturated rings. The Kier molecular flexibility index (Phi) is 4.75. The molecule has 0 aromatic heterocycles. The van der Waals surface area contributed by atoms with Gasteiger partial charge in [0.25, 0.3) is 11.4 Å². The summed E-state index contributed by atoms with van der Waals surface area (Å²) < 4.78 is 4.65. The van der Waals surface area contributed by atoms with Crippen molar-refractivity contribution in [2.75, 3.05) is 18.5 Å². The van der Waals surface area contributed by atoms with E-state index in [1.165, 1.54) is 6.07 Å². The van der Waals surface area contributed by atoms with Gasteiger partial charge in [0.1, 0.15) is 12.2 Å². The van der Waals surface area contributed by atoms with E-state index >= 15 is 0 Å². The van der Waals surface area contributed by atoms with Gasteiger partial charge in [-0.25, -0.2) is 0 Å². The van der Waals surface area contributed by atoms with E-state index in [-0.39, 0.29) is 18.8 Å². The van der Waals surface area contributed by atoms with Crippen LogP contribution in [0.4, 0.5) is 17.1 Å². The zero-order chi connectivity index (χ0) is 14.4. The lowest BCUT2D eigenvalue weighted by Crippen LogP contribution is -2.17. The van der Waals surface area contributed by atoms with Crippen LogP contribution in [0, 0.1) is 20.2 Å². The zero-order valence-corrected chi connectivity index (χ0v) is 9.99. The minimum Gasteiger partial charge on any atom is -0.465 e. The van der Waals surface area contributed by atoms with Crippen molar-refractivity contribution in [2.24, 2.45) is 0 Å². The summed E-state index contributed by atoms with van der Waals surface area (Å²) >= 11 is 0. The largest absolute Gasteiger partial charge is 0.465 e. The number of anilines is 1. The van der Waals surface area contributed by atoms with E-state index in [2.05, 4.69) is 10.1 Å². The van der Waals surface area contributed by atoms with E-state index in [1.54, 1.807) is 6.92 Å². The number of carbonyl (C=O) groups is 1. The van der Waals surface area contributed by atoms with Gasteiger partial charge in [0.2, 0.25) is 0 Å². The monoisotopic (exact) mass is 269 g/mol. The fourth-order valence-corrected chi connectivity index (χ4v) is 1.31. The smallest absolute Gasteiger partial charge is 0.325 e. The van der Waals surface area contributed by atoms with Crippen molar-refractivity contribution in [3.63, 3.8) is 0 Å². The summed E-state index contributed by atoms with van der Waals surface area (Å²) in [7, 11) is 0. The Labute approximate surface area is 107 Å². The van der Waals surface area contributed by atoms with Crippen molar-refractivity contribution in [1.82, 2.24) is 0 Å². The fourth-order valence-electron chi connectivity index (χ4n) is 1.31. The summed E-state index contributed by atoms with van der Waals surface area (Å²) in [5, 5.41) is 23.8. The van der Waals surface area contributed by atoms with Crippen LogP contribution in [-0.2, 0) is 9.53 Å². The average Bonchev–Trinajstić information content (AvgIpc) is 2.36. The maximum atomic E-state index is 11.1. The maximum absolute atomic E-state index is 11.1. The van der Waals surface area contributed by atoms with Crippen molar-refractivity contribution >= 4 is 23.0 Å². The highest BCUT2D eigenvalue weighted by molar-refractivity contribution is 5.77. The topological polar surface area (TPSA) is 125 Å². The summed E-state index contributed by atoms with van der Waals surface area (Å²) in [6.45, 7) is 1.57. The number of nitrogens with one attached hydrogen (secondary N) is 1. The SMILES string of the molecule is CCOC(=O)CNc1ccc([N+](=O)[O-])cc1[N+](=O)[O-]. The zero-order valence-electron chi connectivity index (χ0n) is 9.99. The van der Waals surface area contributed by atoms with Gasteiger partial charge in [-0.1, -0.05) is 0 Å². The number of nitro groups is 2. The molecule has 0 aliphatic heterocycles. The van der Waals surface area contributed by atoms with Crippen LogP contribution in [0.1, 0.15) is 6.92 Å². The predicted octanol–water partition coefficient (Wildman–Crippen LogP) is 1.48. The highest BCUT2D eigenvalue weighted by Crippen LogP contribution is 2.28. The molecule has 0 unspecified atom stereocenters. The second-order valence-electron chi connectivity index (χ2n) is 3.37. The van der Waals surface area contributed by atoms with Crippen molar-refractivity contribution in [1.29, 1.82) is 0 Å². The molecular formula is C10H11N3O6. The number of hydrogen-bond acceptors (Lipinski definition) is 7. The molecule has 1 N–H and O–H groups in total. The third kappa shape index (κ3) is 3.91. The number of ether oxygens (including phenoxy) is 1. The van der Waals surface area contributed by atoms with E-state index in [0.29, 0.717) is 0 Å². The molecule has 9 heteroatoms. The summed E-state index contributed by atoms with van der Waals surface area (Å²) in [6.07, 6.45) is 0. The van der Waals surface area contributed by atoms with Crippen LogP contribution >= 0.6 is 0 Å². The number of benzene rings is 1. The van der Waals surface area contributed by atoms with E-state index in [4.69, 9.17) is 0 Å². The van der Waals surface area contributed by atoms with E-state index in [9.17, 15) is 25.0 Å². The van der Waals surface area contributed by atoms with E-state index < -0.39 is 27.2 Å². The fraction of sp³-hybridized carbons (Fsp3) is 0.300. The average molecular weight is 269 g/mol. The first kappa shape index (κ1) is 14.4. The lowest BCUT2D eigenvalue weighted by molar-refractivity contribution is -0.393. The lowest BCUT2D eigenvalue weighted by Gasteiger charge is -2.06. The Bertz CT molecular complexity index is 516. The van der Waals surface area contributed by atoms with Crippen molar-refractivity contribution < 1.29 is 19.4 Å². The first-order chi connectivity index (χ1) is 8.95. The van der Waals surface area contributed by atoms with Crippen LogP contribution < -0.4 is 5.32 Å². The predicted molar refractivity (Wildman–Crippen MR) is 64.9 cm³/mol. The van der Waals surface area contributed by atoms with Gasteiger partial charge in [0.15, 0.2) is 0 Å². The van der Waals surface area contributed by atoms with Crippen LogP contribution in [0.25, 0.3) is 0 Å². The van der Waals surface area contributed by atoms with Gasteiger partial charge in [0, 0.05) is 6.07 Å². The minimum atomic E-state index is -0.763. The van der Waals surface area contributed by atoms with Crippen LogP contribution in [0.2, 0.25) is 0 Å². The molecule has 0 saturated carbocycles. The highest BCUT2D eigenvalue weighted by Gasteiger charge is 2.19. The summed E-state index contributed by atoms with van der Waals surface area (Å²) in [5.74, 6) is -0.574. The first-order valence-electron chi connectivity index (χ1n) is 5.28. The Hall–Kier alpha value is -2.71. The normalized spacial score (nSPS) is 9.74. The molecule has 1 aromatic rings. The van der Waals surface area contributed by atoms with Crippen molar-refractivity contribution in [2.45, 2.75) is 6.92 Å². The van der Waals surface area contributed by atoms with Gasteiger partial charge in [-0.05, 0) is 13.0 Å². The molecule has 0 spiro atoms. The Morgan fingerprint density at radius 1 is 1.32 bits per heavy atom. The second-order valence-corrected chi connectivity index (χ2v) is 3.37. The molecule has 0 radical (unpaired) electrons. The van der Waals surface area contributed by atoms with Gasteiger partial charge in [-0.15, -0.1) is 0 Å². The standard InChI is InChI=1S/C10H11N3O6/c1-2-19-10(14)6-11-8-4-3-7(12(15)16)5-9(8)13(17)18/h3-5,11H,2,6H2,1H3. The Morgan fingerprint density at radius 2 is 2.00 bits per heavy atom. The van der Waals surface area contributed by atoms with Gasteiger partial charge < -0.3 is 10.1 Å². The Morgan fingerprint density at radius 3 is 2.53 bits per heavy atom. The number of carbonyl (C=O) groups excluding carboxylic acids is 1. The third-order valence-corrected chi connectivity index (χ3v) is 2.12. The molecule has 0 bridgehead atoms. The number of hydrogen-bond donors (Lipinski definition) is 1. The minimum absolute atomic E-state index is 0.0173. The molecule has 0 aliphatic rings. The van der Waals surface area contributed by atoms with Gasteiger partial charge >= 0.3 is 5.97 Å². The molecule has 1 rings (SSSR count). The van der Waals surface area contributed by atoms with Gasteiger partial charge in [0.05, 0.1) is 22.5 Å². The quantitative estimate of drug-likeness (QED) is 0.471. The number of rotatable bonds is 6. The molecule has 0 heterocycles. The van der Waals surface area contributed by atoms with E-state index in [1.807, 2.05) is 0 Å². The molecular weight excluding hydrogens is 258 g/mol.